The van der Waals surface area contributed by atoms with E-state index in [1.807, 2.05) is 26.0 Å². The van der Waals surface area contributed by atoms with Crippen molar-refractivity contribution < 1.29 is 4.79 Å². The van der Waals surface area contributed by atoms with Gasteiger partial charge in [-0.15, -0.1) is 0 Å². The molecule has 0 aliphatic heterocycles. The highest BCUT2D eigenvalue weighted by molar-refractivity contribution is 6.03. The molecule has 6 nitrogen and oxygen atoms in total. The summed E-state index contributed by atoms with van der Waals surface area (Å²) in [7, 11) is 0. The van der Waals surface area contributed by atoms with E-state index in [0.717, 1.165) is 16.8 Å². The number of hydrogen-bond acceptors (Lipinski definition) is 4. The molecule has 1 aromatic carbocycles. The number of nitrogens with one attached hydrogen (secondary N) is 2. The van der Waals surface area contributed by atoms with E-state index in [4.69, 9.17) is 5.73 Å². The van der Waals surface area contributed by atoms with Crippen molar-refractivity contribution in [2.45, 2.75) is 13.8 Å². The number of carbonyl (C=O) groups excluding carboxylic acids is 1. The van der Waals surface area contributed by atoms with E-state index < -0.39 is 0 Å². The molecule has 1 amide bonds. The molecule has 6 heteroatoms. The van der Waals surface area contributed by atoms with Crippen molar-refractivity contribution >= 4 is 17.3 Å². The van der Waals surface area contributed by atoms with Crippen molar-refractivity contribution in [2.24, 2.45) is 0 Å². The normalized spacial score (nSPS) is 10.2. The zero-order valence-electron chi connectivity index (χ0n) is 9.61. The molecule has 1 aromatic heterocycles. The average molecular weight is 231 g/mol. The summed E-state index contributed by atoms with van der Waals surface area (Å²) in [5.74, 6) is -0.310. The van der Waals surface area contributed by atoms with E-state index in [0.29, 0.717) is 5.69 Å². The Morgan fingerprint density at radius 3 is 2.82 bits per heavy atom. The Balaban J connectivity index is 2.31. The second-order valence-electron chi connectivity index (χ2n) is 3.78. The fourth-order valence-corrected chi connectivity index (χ4v) is 1.54. The van der Waals surface area contributed by atoms with E-state index >= 15 is 0 Å². The number of aromatic amines is 1. The van der Waals surface area contributed by atoms with Gasteiger partial charge in [0.15, 0.2) is 5.69 Å². The Hall–Kier alpha value is -2.37. The number of nitrogens with two attached hydrogens (primary N) is 1. The number of rotatable bonds is 2. The van der Waals surface area contributed by atoms with Gasteiger partial charge in [0.1, 0.15) is 0 Å². The van der Waals surface area contributed by atoms with Gasteiger partial charge in [-0.25, -0.2) is 0 Å². The number of aromatic nitrogens is 3. The molecule has 88 valence electrons. The Morgan fingerprint density at radius 2 is 2.18 bits per heavy atom. The van der Waals surface area contributed by atoms with Crippen LogP contribution in [0, 0.1) is 13.8 Å². The van der Waals surface area contributed by atoms with Crippen LogP contribution in [0.4, 0.5) is 11.4 Å². The second-order valence-corrected chi connectivity index (χ2v) is 3.78. The Labute approximate surface area is 98.2 Å². The van der Waals surface area contributed by atoms with Gasteiger partial charge in [-0.3, -0.25) is 4.79 Å². The molecule has 0 fully saturated rings. The van der Waals surface area contributed by atoms with Gasteiger partial charge in [0.25, 0.3) is 5.91 Å². The number of H-pyrrole nitrogens is 1. The smallest absolute Gasteiger partial charge is 0.277 e. The molecular weight excluding hydrogens is 218 g/mol. The topological polar surface area (TPSA) is 96.7 Å². The first-order valence-electron chi connectivity index (χ1n) is 5.12. The summed E-state index contributed by atoms with van der Waals surface area (Å²) in [6.07, 6.45) is 1.37. The fourth-order valence-electron chi connectivity index (χ4n) is 1.54. The van der Waals surface area contributed by atoms with Gasteiger partial charge in [0, 0.05) is 11.4 Å². The summed E-state index contributed by atoms with van der Waals surface area (Å²) >= 11 is 0. The monoisotopic (exact) mass is 231 g/mol. The summed E-state index contributed by atoms with van der Waals surface area (Å²) in [5.41, 5.74) is 9.21. The molecular formula is C11H13N5O. The number of carbonyl (C=O) groups is 1. The fraction of sp³-hybridized carbons (Fsp3) is 0.182. The molecule has 2 rings (SSSR count). The number of hydrogen-bond donors (Lipinski definition) is 3. The molecule has 0 saturated heterocycles. The molecule has 0 aliphatic rings. The predicted molar refractivity (Wildman–Crippen MR) is 64.7 cm³/mol. The van der Waals surface area contributed by atoms with Crippen LogP contribution in [0.15, 0.2) is 18.3 Å². The summed E-state index contributed by atoms with van der Waals surface area (Å²) in [5, 5.41) is 12.5. The van der Waals surface area contributed by atoms with Gasteiger partial charge in [-0.1, -0.05) is 6.07 Å². The van der Waals surface area contributed by atoms with Crippen LogP contribution in [0.3, 0.4) is 0 Å². The Kier molecular flexibility index (Phi) is 2.78. The highest BCUT2D eigenvalue weighted by atomic mass is 16.2. The van der Waals surface area contributed by atoms with Crippen molar-refractivity contribution in [1.82, 2.24) is 15.4 Å². The van der Waals surface area contributed by atoms with Gasteiger partial charge < -0.3 is 11.1 Å². The molecule has 1 heterocycles. The first-order chi connectivity index (χ1) is 8.09. The average Bonchev–Trinajstić information content (AvgIpc) is 2.83. The van der Waals surface area contributed by atoms with Gasteiger partial charge in [-0.05, 0) is 31.0 Å². The minimum atomic E-state index is -0.310. The molecule has 0 radical (unpaired) electrons. The van der Waals surface area contributed by atoms with E-state index in [1.165, 1.54) is 6.20 Å². The van der Waals surface area contributed by atoms with Crippen LogP contribution in [-0.2, 0) is 0 Å². The zero-order chi connectivity index (χ0) is 12.4. The molecule has 0 atom stereocenters. The highest BCUT2D eigenvalue weighted by Gasteiger charge is 2.12. The molecule has 4 N–H and O–H groups in total. The minimum absolute atomic E-state index is 0.242. The van der Waals surface area contributed by atoms with Crippen molar-refractivity contribution in [3.8, 4) is 0 Å². The lowest BCUT2D eigenvalue weighted by Gasteiger charge is -2.12. The lowest BCUT2D eigenvalue weighted by molar-refractivity contribution is 0.102. The van der Waals surface area contributed by atoms with E-state index in [9.17, 15) is 4.79 Å². The third-order valence-electron chi connectivity index (χ3n) is 2.60. The van der Waals surface area contributed by atoms with Crippen molar-refractivity contribution in [3.05, 3.63) is 35.2 Å². The molecule has 17 heavy (non-hydrogen) atoms. The van der Waals surface area contributed by atoms with Gasteiger partial charge in [0.2, 0.25) is 0 Å². The van der Waals surface area contributed by atoms with Gasteiger partial charge in [-0.2, -0.15) is 15.4 Å². The lowest BCUT2D eigenvalue weighted by atomic mass is 10.1. The summed E-state index contributed by atoms with van der Waals surface area (Å²) in [6, 6.07) is 3.68. The summed E-state index contributed by atoms with van der Waals surface area (Å²) in [4.78, 5) is 11.8. The Bertz CT molecular complexity index is 547. The van der Waals surface area contributed by atoms with E-state index in [1.54, 1.807) is 0 Å². The van der Waals surface area contributed by atoms with E-state index in [-0.39, 0.29) is 11.6 Å². The largest absolute Gasteiger partial charge is 0.398 e. The first kappa shape index (κ1) is 11.1. The van der Waals surface area contributed by atoms with Gasteiger partial charge >= 0.3 is 0 Å². The van der Waals surface area contributed by atoms with Crippen LogP contribution in [0.2, 0.25) is 0 Å². The number of amides is 1. The van der Waals surface area contributed by atoms with Gasteiger partial charge in [0.05, 0.1) is 6.20 Å². The third-order valence-corrected chi connectivity index (χ3v) is 2.60. The van der Waals surface area contributed by atoms with E-state index in [2.05, 4.69) is 20.7 Å². The third kappa shape index (κ3) is 2.10. The van der Waals surface area contributed by atoms with Crippen LogP contribution in [0.5, 0.6) is 0 Å². The standard InChI is InChI=1S/C11H13N5O/c1-6-3-4-8(12)7(2)10(6)14-11(17)9-5-13-16-15-9/h3-5H,12H2,1-2H3,(H,14,17)(H,13,15,16). The molecule has 0 saturated carbocycles. The van der Waals surface area contributed by atoms with Crippen LogP contribution in [0.25, 0.3) is 0 Å². The maximum atomic E-state index is 11.8. The first-order valence-corrected chi connectivity index (χ1v) is 5.12. The maximum Gasteiger partial charge on any atom is 0.277 e. The molecule has 0 bridgehead atoms. The van der Waals surface area contributed by atoms with Crippen LogP contribution in [-0.4, -0.2) is 21.3 Å². The summed E-state index contributed by atoms with van der Waals surface area (Å²) in [6.45, 7) is 3.77. The summed E-state index contributed by atoms with van der Waals surface area (Å²) < 4.78 is 0. The van der Waals surface area contributed by atoms with Crippen LogP contribution in [0.1, 0.15) is 21.6 Å². The zero-order valence-corrected chi connectivity index (χ0v) is 9.61. The lowest BCUT2D eigenvalue weighted by Crippen LogP contribution is -2.14. The number of aryl methyl sites for hydroxylation is 1. The SMILES string of the molecule is Cc1ccc(N)c(C)c1NC(=O)c1cn[nH]n1. The Morgan fingerprint density at radius 1 is 1.41 bits per heavy atom. The van der Waals surface area contributed by atoms with Crippen molar-refractivity contribution in [3.63, 3.8) is 0 Å². The number of nitrogens with zero attached hydrogens (tertiary/aromatic N) is 2. The quantitative estimate of drug-likeness (QED) is 0.678. The minimum Gasteiger partial charge on any atom is -0.398 e. The second kappa shape index (κ2) is 4.25. The number of anilines is 2. The number of benzene rings is 1. The molecule has 0 unspecified atom stereocenters. The maximum absolute atomic E-state index is 11.8. The van der Waals surface area contributed by atoms with Crippen molar-refractivity contribution in [2.75, 3.05) is 11.1 Å². The molecule has 0 spiro atoms. The molecule has 0 aliphatic carbocycles. The van der Waals surface area contributed by atoms with Crippen molar-refractivity contribution in [1.29, 1.82) is 0 Å². The number of nitrogen functional groups attached to an aromatic ring is 1. The molecule has 2 aromatic rings. The predicted octanol–water partition coefficient (Wildman–Crippen LogP) is 1.26. The highest BCUT2D eigenvalue weighted by Crippen LogP contribution is 2.25. The van der Waals surface area contributed by atoms with Crippen LogP contribution < -0.4 is 11.1 Å². The van der Waals surface area contributed by atoms with Crippen LogP contribution >= 0.6 is 0 Å².